The smallest absolute Gasteiger partial charge is 0.0705 e. The Labute approximate surface area is 99.1 Å². The summed E-state index contributed by atoms with van der Waals surface area (Å²) in [6, 6.07) is 1.25. The Morgan fingerprint density at radius 1 is 1.25 bits per heavy atom. The van der Waals surface area contributed by atoms with Gasteiger partial charge in [0.15, 0.2) is 0 Å². The fourth-order valence-electron chi connectivity index (χ4n) is 3.08. The topological polar surface area (TPSA) is 21.7 Å². The van der Waals surface area contributed by atoms with Crippen molar-refractivity contribution in [1.29, 1.82) is 0 Å². The van der Waals surface area contributed by atoms with Crippen molar-refractivity contribution in [2.45, 2.75) is 64.3 Å². The summed E-state index contributed by atoms with van der Waals surface area (Å²) in [4.78, 5) is 2.63. The van der Waals surface area contributed by atoms with Crippen molar-refractivity contribution in [3.05, 3.63) is 0 Å². The number of likely N-dealkylation sites (tertiary alicyclic amines) is 1. The molecule has 16 heavy (non-hydrogen) atoms. The number of ether oxygens (including phenoxy) is 2. The standard InChI is InChI=1S/C13H25NO2/c1-10(2)16-11(3)13-5-4-7-14(13)12-6-8-15-9-12/h10-13H,4-9H2,1-3H3/t11-,12+,13-/m0/s1. The molecule has 2 rings (SSSR count). The maximum Gasteiger partial charge on any atom is 0.0705 e. The quantitative estimate of drug-likeness (QED) is 0.734. The first-order valence-electron chi connectivity index (χ1n) is 6.67. The fraction of sp³-hybridized carbons (Fsp3) is 1.00. The molecule has 2 saturated heterocycles. The van der Waals surface area contributed by atoms with Gasteiger partial charge in [0.1, 0.15) is 0 Å². The zero-order valence-corrected chi connectivity index (χ0v) is 10.8. The monoisotopic (exact) mass is 227 g/mol. The van der Waals surface area contributed by atoms with Crippen LogP contribution < -0.4 is 0 Å². The maximum absolute atomic E-state index is 5.94. The van der Waals surface area contributed by atoms with Gasteiger partial charge < -0.3 is 9.47 Å². The van der Waals surface area contributed by atoms with Gasteiger partial charge in [0, 0.05) is 18.7 Å². The first-order chi connectivity index (χ1) is 7.68. The lowest BCUT2D eigenvalue weighted by atomic mass is 10.1. The van der Waals surface area contributed by atoms with Gasteiger partial charge in [-0.15, -0.1) is 0 Å². The highest BCUT2D eigenvalue weighted by molar-refractivity contribution is 4.90. The minimum atomic E-state index is 0.331. The molecule has 0 bridgehead atoms. The van der Waals surface area contributed by atoms with E-state index in [0.29, 0.717) is 24.3 Å². The second-order valence-electron chi connectivity index (χ2n) is 5.35. The second kappa shape index (κ2) is 5.48. The zero-order valence-electron chi connectivity index (χ0n) is 10.8. The Morgan fingerprint density at radius 3 is 2.69 bits per heavy atom. The third kappa shape index (κ3) is 2.76. The molecule has 0 saturated carbocycles. The van der Waals surface area contributed by atoms with E-state index in [1.807, 2.05) is 0 Å². The van der Waals surface area contributed by atoms with E-state index >= 15 is 0 Å². The molecular weight excluding hydrogens is 202 g/mol. The van der Waals surface area contributed by atoms with Gasteiger partial charge in [0.25, 0.3) is 0 Å². The number of rotatable bonds is 4. The van der Waals surface area contributed by atoms with Gasteiger partial charge in [-0.05, 0) is 46.6 Å². The van der Waals surface area contributed by atoms with Crippen LogP contribution in [0.1, 0.15) is 40.0 Å². The van der Waals surface area contributed by atoms with Crippen LogP contribution in [-0.2, 0) is 9.47 Å². The van der Waals surface area contributed by atoms with Crippen molar-refractivity contribution in [3.63, 3.8) is 0 Å². The molecule has 2 aliphatic rings. The van der Waals surface area contributed by atoms with Crippen molar-refractivity contribution in [1.82, 2.24) is 4.90 Å². The van der Waals surface area contributed by atoms with Crippen molar-refractivity contribution in [3.8, 4) is 0 Å². The first-order valence-corrected chi connectivity index (χ1v) is 6.67. The van der Waals surface area contributed by atoms with Crippen LogP contribution in [0.2, 0.25) is 0 Å². The highest BCUT2D eigenvalue weighted by atomic mass is 16.5. The minimum Gasteiger partial charge on any atom is -0.380 e. The zero-order chi connectivity index (χ0) is 11.5. The van der Waals surface area contributed by atoms with E-state index in [0.717, 1.165) is 13.2 Å². The summed E-state index contributed by atoms with van der Waals surface area (Å²) in [6.07, 6.45) is 4.47. The molecule has 0 aromatic rings. The molecule has 0 aromatic heterocycles. The normalized spacial score (nSPS) is 33.8. The van der Waals surface area contributed by atoms with Gasteiger partial charge in [-0.3, -0.25) is 4.90 Å². The molecule has 3 atom stereocenters. The molecule has 0 amide bonds. The summed E-state index contributed by atoms with van der Waals surface area (Å²) < 4.78 is 11.4. The van der Waals surface area contributed by atoms with E-state index in [2.05, 4.69) is 25.7 Å². The molecule has 0 aromatic carbocycles. The molecule has 2 aliphatic heterocycles. The molecule has 0 radical (unpaired) electrons. The predicted octanol–water partition coefficient (Wildman–Crippen LogP) is 2.05. The van der Waals surface area contributed by atoms with Gasteiger partial charge in [-0.2, -0.15) is 0 Å². The second-order valence-corrected chi connectivity index (χ2v) is 5.35. The Morgan fingerprint density at radius 2 is 2.06 bits per heavy atom. The Bertz CT molecular complexity index is 214. The average molecular weight is 227 g/mol. The van der Waals surface area contributed by atoms with Crippen LogP contribution >= 0.6 is 0 Å². The van der Waals surface area contributed by atoms with Crippen LogP contribution in [0.4, 0.5) is 0 Å². The Hall–Kier alpha value is -0.120. The summed E-state index contributed by atoms with van der Waals surface area (Å²) in [6.45, 7) is 9.55. The number of nitrogens with zero attached hydrogens (tertiary/aromatic N) is 1. The van der Waals surface area contributed by atoms with Crippen molar-refractivity contribution < 1.29 is 9.47 Å². The third-order valence-corrected chi connectivity index (χ3v) is 3.75. The van der Waals surface area contributed by atoms with E-state index in [9.17, 15) is 0 Å². The summed E-state index contributed by atoms with van der Waals surface area (Å²) in [7, 11) is 0. The largest absolute Gasteiger partial charge is 0.380 e. The van der Waals surface area contributed by atoms with E-state index in [1.54, 1.807) is 0 Å². The lowest BCUT2D eigenvalue weighted by molar-refractivity contribution is -0.0340. The summed E-state index contributed by atoms with van der Waals surface area (Å²) >= 11 is 0. The first kappa shape index (κ1) is 12.3. The third-order valence-electron chi connectivity index (χ3n) is 3.75. The average Bonchev–Trinajstić information content (AvgIpc) is 2.87. The molecule has 0 spiro atoms. The molecule has 0 unspecified atom stereocenters. The van der Waals surface area contributed by atoms with Crippen LogP contribution in [0.25, 0.3) is 0 Å². The molecule has 0 aliphatic carbocycles. The van der Waals surface area contributed by atoms with E-state index < -0.39 is 0 Å². The van der Waals surface area contributed by atoms with Crippen LogP contribution in [-0.4, -0.2) is 49.0 Å². The van der Waals surface area contributed by atoms with Crippen LogP contribution in [0.5, 0.6) is 0 Å². The highest BCUT2D eigenvalue weighted by Crippen LogP contribution is 2.27. The van der Waals surface area contributed by atoms with Gasteiger partial charge in [0.05, 0.1) is 18.8 Å². The molecule has 0 N–H and O–H groups in total. The molecule has 3 heteroatoms. The van der Waals surface area contributed by atoms with Crippen molar-refractivity contribution in [2.75, 3.05) is 19.8 Å². The minimum absolute atomic E-state index is 0.331. The molecule has 3 nitrogen and oxygen atoms in total. The molecule has 94 valence electrons. The van der Waals surface area contributed by atoms with Crippen molar-refractivity contribution in [2.24, 2.45) is 0 Å². The predicted molar refractivity (Wildman–Crippen MR) is 64.6 cm³/mol. The van der Waals surface area contributed by atoms with Crippen molar-refractivity contribution >= 4 is 0 Å². The van der Waals surface area contributed by atoms with Gasteiger partial charge in [0.2, 0.25) is 0 Å². The van der Waals surface area contributed by atoms with Crippen LogP contribution in [0.15, 0.2) is 0 Å². The lowest BCUT2D eigenvalue weighted by Crippen LogP contribution is -2.45. The van der Waals surface area contributed by atoms with E-state index in [4.69, 9.17) is 9.47 Å². The van der Waals surface area contributed by atoms with Crippen LogP contribution in [0, 0.1) is 0 Å². The Kier molecular flexibility index (Phi) is 4.22. The summed E-state index contributed by atoms with van der Waals surface area (Å²) in [5, 5.41) is 0. The molecule has 2 fully saturated rings. The fourth-order valence-corrected chi connectivity index (χ4v) is 3.08. The van der Waals surface area contributed by atoms with E-state index in [-0.39, 0.29) is 0 Å². The van der Waals surface area contributed by atoms with E-state index in [1.165, 1.54) is 25.8 Å². The van der Waals surface area contributed by atoms with Crippen LogP contribution in [0.3, 0.4) is 0 Å². The number of hydrogen-bond donors (Lipinski definition) is 0. The lowest BCUT2D eigenvalue weighted by Gasteiger charge is -2.34. The SMILES string of the molecule is CC(C)O[C@@H](C)[C@@H]1CCCN1[C@@H]1CCOC1. The van der Waals surface area contributed by atoms with Gasteiger partial charge in [-0.1, -0.05) is 0 Å². The van der Waals surface area contributed by atoms with Gasteiger partial charge >= 0.3 is 0 Å². The summed E-state index contributed by atoms with van der Waals surface area (Å²) in [5.74, 6) is 0. The van der Waals surface area contributed by atoms with Gasteiger partial charge in [-0.25, -0.2) is 0 Å². The molecular formula is C13H25NO2. The Balaban J connectivity index is 1.91. The summed E-state index contributed by atoms with van der Waals surface area (Å²) in [5.41, 5.74) is 0. The number of hydrogen-bond acceptors (Lipinski definition) is 3. The highest BCUT2D eigenvalue weighted by Gasteiger charge is 2.36. The molecule has 2 heterocycles. The maximum atomic E-state index is 5.94.